The van der Waals surface area contributed by atoms with Crippen molar-refractivity contribution in [2.45, 2.75) is 50.1 Å². The maximum atomic E-state index is 6.80. The standard InChI is InChI=1S/C25H25BrClNO3/c26-19-10-9-17-14-22(27)28-24(21(17)15-19)25(31-20-11-12-20,18-6-2-1-3-7-18)16-30-23-8-4-5-13-29-23/h1-3,6-7,9-10,14-15,20,23H,4-5,8,11-13,16H2. The van der Waals surface area contributed by atoms with Crippen molar-refractivity contribution in [1.82, 2.24) is 4.98 Å². The Labute approximate surface area is 196 Å². The third kappa shape index (κ3) is 4.67. The molecule has 3 aromatic rings. The number of hydrogen-bond donors (Lipinski definition) is 0. The van der Waals surface area contributed by atoms with Gasteiger partial charge in [0, 0.05) is 16.5 Å². The van der Waals surface area contributed by atoms with Gasteiger partial charge in [0.25, 0.3) is 0 Å². The van der Waals surface area contributed by atoms with Crippen LogP contribution in [0.3, 0.4) is 0 Å². The lowest BCUT2D eigenvalue weighted by Crippen LogP contribution is -2.40. The molecular weight excluding hydrogens is 478 g/mol. The number of rotatable bonds is 7. The number of aromatic nitrogens is 1. The first-order valence-corrected chi connectivity index (χ1v) is 12.0. The molecule has 1 saturated carbocycles. The summed E-state index contributed by atoms with van der Waals surface area (Å²) in [6.07, 6.45) is 5.11. The van der Waals surface area contributed by atoms with E-state index >= 15 is 0 Å². The summed E-state index contributed by atoms with van der Waals surface area (Å²) >= 11 is 10.1. The summed E-state index contributed by atoms with van der Waals surface area (Å²) in [5.41, 5.74) is 0.909. The third-order valence-corrected chi connectivity index (χ3v) is 6.58. The first-order chi connectivity index (χ1) is 15.1. The molecule has 2 unspecified atom stereocenters. The van der Waals surface area contributed by atoms with E-state index in [1.807, 2.05) is 30.3 Å². The normalized spacial score (nSPS) is 21.2. The van der Waals surface area contributed by atoms with E-state index in [0.29, 0.717) is 11.8 Å². The summed E-state index contributed by atoms with van der Waals surface area (Å²) in [5, 5.41) is 2.46. The Morgan fingerprint density at radius 1 is 1.06 bits per heavy atom. The molecule has 4 nitrogen and oxygen atoms in total. The topological polar surface area (TPSA) is 40.6 Å². The molecule has 1 aliphatic carbocycles. The van der Waals surface area contributed by atoms with Gasteiger partial charge >= 0.3 is 0 Å². The zero-order valence-electron chi connectivity index (χ0n) is 17.2. The highest BCUT2D eigenvalue weighted by Crippen LogP contribution is 2.43. The minimum absolute atomic E-state index is 0.180. The van der Waals surface area contributed by atoms with E-state index in [1.54, 1.807) is 0 Å². The molecule has 0 radical (unpaired) electrons. The predicted molar refractivity (Wildman–Crippen MR) is 125 cm³/mol. The largest absolute Gasteiger partial charge is 0.358 e. The van der Waals surface area contributed by atoms with Crippen molar-refractivity contribution in [1.29, 1.82) is 0 Å². The average molecular weight is 503 g/mol. The molecule has 0 spiro atoms. The number of halogens is 2. The summed E-state index contributed by atoms with van der Waals surface area (Å²) in [4.78, 5) is 4.83. The Kier molecular flexibility index (Phi) is 6.31. The highest BCUT2D eigenvalue weighted by molar-refractivity contribution is 9.10. The van der Waals surface area contributed by atoms with Gasteiger partial charge in [0.2, 0.25) is 0 Å². The smallest absolute Gasteiger partial charge is 0.159 e. The van der Waals surface area contributed by atoms with Crippen LogP contribution in [0.15, 0.2) is 59.1 Å². The molecule has 2 fully saturated rings. The number of fused-ring (bicyclic) bond motifs is 1. The first-order valence-electron chi connectivity index (χ1n) is 10.9. The Morgan fingerprint density at radius 3 is 2.65 bits per heavy atom. The lowest BCUT2D eigenvalue weighted by Gasteiger charge is -2.36. The van der Waals surface area contributed by atoms with Crippen molar-refractivity contribution in [2.75, 3.05) is 13.2 Å². The van der Waals surface area contributed by atoms with Crippen molar-refractivity contribution in [3.8, 4) is 0 Å². The molecule has 0 bridgehead atoms. The van der Waals surface area contributed by atoms with E-state index in [0.717, 1.165) is 65.2 Å². The van der Waals surface area contributed by atoms with E-state index < -0.39 is 5.60 Å². The number of benzene rings is 2. The predicted octanol–water partition coefficient (Wildman–Crippen LogP) is 6.62. The molecule has 5 rings (SSSR count). The van der Waals surface area contributed by atoms with E-state index in [2.05, 4.69) is 40.2 Å². The second kappa shape index (κ2) is 9.16. The monoisotopic (exact) mass is 501 g/mol. The molecule has 6 heteroatoms. The van der Waals surface area contributed by atoms with Crippen LogP contribution in [0.5, 0.6) is 0 Å². The molecule has 31 heavy (non-hydrogen) atoms. The quantitative estimate of drug-likeness (QED) is 0.341. The van der Waals surface area contributed by atoms with Crippen molar-refractivity contribution >= 4 is 38.3 Å². The SMILES string of the molecule is Clc1cc2ccc(Br)cc2c(C(COC2CCCCO2)(OC2CC2)c2ccccc2)n1. The average Bonchev–Trinajstić information content (AvgIpc) is 3.62. The number of pyridine rings is 1. The van der Waals surface area contributed by atoms with Gasteiger partial charge in [0.1, 0.15) is 5.15 Å². The maximum absolute atomic E-state index is 6.80. The third-order valence-electron chi connectivity index (χ3n) is 5.89. The van der Waals surface area contributed by atoms with Crippen molar-refractivity contribution in [2.24, 2.45) is 0 Å². The van der Waals surface area contributed by atoms with Gasteiger partial charge in [-0.2, -0.15) is 0 Å². The Balaban J connectivity index is 1.67. The van der Waals surface area contributed by atoms with Crippen LogP contribution in [0.25, 0.3) is 10.8 Å². The molecule has 2 aliphatic rings. The molecule has 0 N–H and O–H groups in total. The highest BCUT2D eigenvalue weighted by Gasteiger charge is 2.44. The van der Waals surface area contributed by atoms with Crippen LogP contribution in [-0.4, -0.2) is 30.6 Å². The molecule has 162 valence electrons. The lowest BCUT2D eigenvalue weighted by molar-refractivity contribution is -0.197. The minimum atomic E-state index is -0.882. The zero-order valence-corrected chi connectivity index (χ0v) is 19.6. The summed E-state index contributed by atoms with van der Waals surface area (Å²) in [6, 6.07) is 18.3. The van der Waals surface area contributed by atoms with Crippen LogP contribution in [-0.2, 0) is 19.8 Å². The van der Waals surface area contributed by atoms with Gasteiger partial charge in [0.05, 0.1) is 18.4 Å². The number of ether oxygens (including phenoxy) is 3. The van der Waals surface area contributed by atoms with E-state index in [-0.39, 0.29) is 12.4 Å². The molecule has 2 heterocycles. The maximum Gasteiger partial charge on any atom is 0.159 e. The van der Waals surface area contributed by atoms with Crippen LogP contribution in [0.2, 0.25) is 5.15 Å². The van der Waals surface area contributed by atoms with Crippen molar-refractivity contribution < 1.29 is 14.2 Å². The fourth-order valence-corrected chi connectivity index (χ4v) is 4.74. The van der Waals surface area contributed by atoms with Crippen LogP contribution >= 0.6 is 27.5 Å². The summed E-state index contributed by atoms with van der Waals surface area (Å²) in [6.45, 7) is 1.05. The second-order valence-corrected chi connectivity index (χ2v) is 9.58. The molecule has 2 aromatic carbocycles. The lowest BCUT2D eigenvalue weighted by atomic mass is 9.87. The summed E-state index contributed by atoms with van der Waals surface area (Å²) in [7, 11) is 0. The molecular formula is C25H25BrClNO3. The molecule has 1 aliphatic heterocycles. The van der Waals surface area contributed by atoms with Crippen molar-refractivity contribution in [3.05, 3.63) is 75.5 Å². The van der Waals surface area contributed by atoms with E-state index in [1.165, 1.54) is 0 Å². The number of nitrogens with zero attached hydrogens (tertiary/aromatic N) is 1. The summed E-state index contributed by atoms with van der Waals surface area (Å²) in [5.74, 6) is 0. The molecule has 1 aromatic heterocycles. The van der Waals surface area contributed by atoms with Gasteiger partial charge in [-0.3, -0.25) is 0 Å². The van der Waals surface area contributed by atoms with E-state index in [9.17, 15) is 0 Å². The Morgan fingerprint density at radius 2 is 1.90 bits per heavy atom. The molecule has 0 amide bonds. The fourth-order valence-electron chi connectivity index (χ4n) is 4.17. The van der Waals surface area contributed by atoms with Crippen LogP contribution in [0.4, 0.5) is 0 Å². The van der Waals surface area contributed by atoms with E-state index in [4.69, 9.17) is 30.8 Å². The van der Waals surface area contributed by atoms with Gasteiger partial charge in [-0.25, -0.2) is 4.98 Å². The first kappa shape index (κ1) is 21.4. The zero-order chi connectivity index (χ0) is 21.3. The van der Waals surface area contributed by atoms with Crippen molar-refractivity contribution in [3.63, 3.8) is 0 Å². The highest BCUT2D eigenvalue weighted by atomic mass is 79.9. The Bertz CT molecular complexity index is 1050. The van der Waals surface area contributed by atoms with Gasteiger partial charge in [-0.1, -0.05) is 63.9 Å². The van der Waals surface area contributed by atoms with Gasteiger partial charge in [-0.15, -0.1) is 0 Å². The van der Waals surface area contributed by atoms with Crippen LogP contribution in [0.1, 0.15) is 43.4 Å². The molecule has 1 saturated heterocycles. The van der Waals surface area contributed by atoms with Gasteiger partial charge in [0.15, 0.2) is 11.9 Å². The Hall–Kier alpha value is -1.50. The van der Waals surface area contributed by atoms with Gasteiger partial charge in [-0.05, 0) is 61.3 Å². The number of hydrogen-bond acceptors (Lipinski definition) is 4. The summed E-state index contributed by atoms with van der Waals surface area (Å²) < 4.78 is 20.0. The van der Waals surface area contributed by atoms with Crippen LogP contribution < -0.4 is 0 Å². The molecule has 2 atom stereocenters. The van der Waals surface area contributed by atoms with Gasteiger partial charge < -0.3 is 14.2 Å². The fraction of sp³-hybridized carbons (Fsp3) is 0.400. The van der Waals surface area contributed by atoms with Crippen LogP contribution in [0, 0.1) is 0 Å². The minimum Gasteiger partial charge on any atom is -0.358 e. The second-order valence-electron chi connectivity index (χ2n) is 8.28.